The first-order chi connectivity index (χ1) is 7.24. The highest BCUT2D eigenvalue weighted by Crippen LogP contribution is 2.52. The second-order valence-electron chi connectivity index (χ2n) is 5.27. The molecule has 4 atom stereocenters. The van der Waals surface area contributed by atoms with Crippen molar-refractivity contribution in [1.82, 2.24) is 0 Å². The highest BCUT2D eigenvalue weighted by molar-refractivity contribution is 7.10. The van der Waals surface area contributed by atoms with Gasteiger partial charge in [-0.15, -0.1) is 11.3 Å². The SMILES string of the molecule is Cc1cc(C(O)C2CC3CCC2C3)cs1. The molecule has 3 rings (SSSR count). The van der Waals surface area contributed by atoms with E-state index in [9.17, 15) is 5.11 Å². The molecule has 1 aromatic heterocycles. The number of rotatable bonds is 2. The molecule has 0 aromatic carbocycles. The van der Waals surface area contributed by atoms with Crippen LogP contribution in [0.2, 0.25) is 0 Å². The van der Waals surface area contributed by atoms with E-state index in [1.165, 1.54) is 30.6 Å². The van der Waals surface area contributed by atoms with Crippen molar-refractivity contribution in [1.29, 1.82) is 0 Å². The Morgan fingerprint density at radius 3 is 2.80 bits per heavy atom. The van der Waals surface area contributed by atoms with Crippen LogP contribution in [0.3, 0.4) is 0 Å². The number of aliphatic hydroxyl groups is 1. The van der Waals surface area contributed by atoms with E-state index in [0.29, 0.717) is 5.92 Å². The minimum atomic E-state index is -0.190. The molecule has 1 nitrogen and oxygen atoms in total. The van der Waals surface area contributed by atoms with Crippen molar-refractivity contribution in [2.75, 3.05) is 0 Å². The third-order valence-electron chi connectivity index (χ3n) is 4.29. The highest BCUT2D eigenvalue weighted by atomic mass is 32.1. The van der Waals surface area contributed by atoms with Crippen LogP contribution >= 0.6 is 11.3 Å². The van der Waals surface area contributed by atoms with Gasteiger partial charge in [0.25, 0.3) is 0 Å². The van der Waals surface area contributed by atoms with E-state index in [2.05, 4.69) is 18.4 Å². The summed E-state index contributed by atoms with van der Waals surface area (Å²) in [5.41, 5.74) is 1.16. The second-order valence-corrected chi connectivity index (χ2v) is 6.39. The van der Waals surface area contributed by atoms with Crippen LogP contribution in [0.1, 0.15) is 42.2 Å². The Bertz CT molecular complexity index is 357. The van der Waals surface area contributed by atoms with Crippen molar-refractivity contribution in [2.45, 2.75) is 38.7 Å². The Labute approximate surface area is 95.1 Å². The molecule has 0 saturated heterocycles. The first-order valence-electron chi connectivity index (χ1n) is 5.97. The summed E-state index contributed by atoms with van der Waals surface area (Å²) >= 11 is 1.75. The molecule has 1 heterocycles. The zero-order chi connectivity index (χ0) is 10.4. The van der Waals surface area contributed by atoms with Gasteiger partial charge in [-0.05, 0) is 60.9 Å². The minimum absolute atomic E-state index is 0.190. The van der Waals surface area contributed by atoms with Gasteiger partial charge in [-0.25, -0.2) is 0 Å². The fraction of sp³-hybridized carbons (Fsp3) is 0.692. The summed E-state index contributed by atoms with van der Waals surface area (Å²) in [5, 5.41) is 12.5. The monoisotopic (exact) mass is 222 g/mol. The zero-order valence-electron chi connectivity index (χ0n) is 9.15. The standard InChI is InChI=1S/C13H18OS/c1-8-4-11(7-15-8)13(14)12-6-9-2-3-10(12)5-9/h4,7,9-10,12-14H,2-3,5-6H2,1H3. The smallest absolute Gasteiger partial charge is 0.0829 e. The average Bonchev–Trinajstić information content (AvgIpc) is 2.90. The van der Waals surface area contributed by atoms with E-state index in [1.807, 2.05) is 0 Å². The predicted octanol–water partition coefficient (Wildman–Crippen LogP) is 3.53. The van der Waals surface area contributed by atoms with Crippen LogP contribution in [0.4, 0.5) is 0 Å². The Kier molecular flexibility index (Phi) is 2.37. The molecule has 0 spiro atoms. The summed E-state index contributed by atoms with van der Waals surface area (Å²) in [6.07, 6.45) is 5.22. The molecule has 2 bridgehead atoms. The molecule has 0 radical (unpaired) electrons. The minimum Gasteiger partial charge on any atom is -0.388 e. The van der Waals surface area contributed by atoms with Crippen LogP contribution in [0.25, 0.3) is 0 Å². The molecule has 0 amide bonds. The van der Waals surface area contributed by atoms with E-state index in [0.717, 1.165) is 17.4 Å². The van der Waals surface area contributed by atoms with Gasteiger partial charge in [-0.1, -0.05) is 6.42 Å². The maximum Gasteiger partial charge on any atom is 0.0829 e. The maximum absolute atomic E-state index is 10.4. The lowest BCUT2D eigenvalue weighted by atomic mass is 9.83. The molecule has 82 valence electrons. The van der Waals surface area contributed by atoms with Crippen molar-refractivity contribution in [3.05, 3.63) is 21.9 Å². The molecule has 0 aliphatic heterocycles. The van der Waals surface area contributed by atoms with E-state index >= 15 is 0 Å². The lowest BCUT2D eigenvalue weighted by Crippen LogP contribution is -2.18. The summed E-state index contributed by atoms with van der Waals surface area (Å²) in [6.45, 7) is 2.11. The van der Waals surface area contributed by atoms with Gasteiger partial charge in [-0.3, -0.25) is 0 Å². The lowest BCUT2D eigenvalue weighted by Gasteiger charge is -2.26. The summed E-state index contributed by atoms with van der Waals surface area (Å²) in [6, 6.07) is 2.15. The summed E-state index contributed by atoms with van der Waals surface area (Å²) in [4.78, 5) is 1.31. The first kappa shape index (κ1) is 9.86. The van der Waals surface area contributed by atoms with Crippen LogP contribution in [0, 0.1) is 24.7 Å². The molecule has 15 heavy (non-hydrogen) atoms. The van der Waals surface area contributed by atoms with Crippen LogP contribution in [0.5, 0.6) is 0 Å². The third-order valence-corrected chi connectivity index (χ3v) is 5.17. The third kappa shape index (κ3) is 1.64. The first-order valence-corrected chi connectivity index (χ1v) is 6.85. The van der Waals surface area contributed by atoms with Gasteiger partial charge < -0.3 is 5.11 Å². The molecular formula is C13H18OS. The zero-order valence-corrected chi connectivity index (χ0v) is 9.96. The molecule has 2 aliphatic carbocycles. The fourth-order valence-corrected chi connectivity index (χ4v) is 4.28. The van der Waals surface area contributed by atoms with E-state index in [1.54, 1.807) is 11.3 Å². The van der Waals surface area contributed by atoms with Gasteiger partial charge in [-0.2, -0.15) is 0 Å². The van der Waals surface area contributed by atoms with Crippen molar-refractivity contribution in [3.8, 4) is 0 Å². The molecule has 2 saturated carbocycles. The van der Waals surface area contributed by atoms with Crippen molar-refractivity contribution >= 4 is 11.3 Å². The van der Waals surface area contributed by atoms with Gasteiger partial charge in [0.15, 0.2) is 0 Å². The van der Waals surface area contributed by atoms with E-state index < -0.39 is 0 Å². The van der Waals surface area contributed by atoms with Gasteiger partial charge >= 0.3 is 0 Å². The average molecular weight is 222 g/mol. The number of hydrogen-bond acceptors (Lipinski definition) is 2. The molecule has 1 N–H and O–H groups in total. The Balaban J connectivity index is 1.77. The largest absolute Gasteiger partial charge is 0.388 e. The van der Waals surface area contributed by atoms with Crippen LogP contribution in [-0.2, 0) is 0 Å². The summed E-state index contributed by atoms with van der Waals surface area (Å²) < 4.78 is 0. The Morgan fingerprint density at radius 2 is 2.27 bits per heavy atom. The number of fused-ring (bicyclic) bond motifs is 2. The van der Waals surface area contributed by atoms with Gasteiger partial charge in [0.1, 0.15) is 0 Å². The predicted molar refractivity (Wildman–Crippen MR) is 63.0 cm³/mol. The lowest BCUT2D eigenvalue weighted by molar-refractivity contribution is 0.0748. The fourth-order valence-electron chi connectivity index (χ4n) is 3.55. The van der Waals surface area contributed by atoms with E-state index in [-0.39, 0.29) is 6.10 Å². The number of aryl methyl sites for hydroxylation is 1. The maximum atomic E-state index is 10.4. The second kappa shape index (κ2) is 3.60. The summed E-state index contributed by atoms with van der Waals surface area (Å²) in [7, 11) is 0. The summed E-state index contributed by atoms with van der Waals surface area (Å²) in [5.74, 6) is 2.29. The topological polar surface area (TPSA) is 20.2 Å². The van der Waals surface area contributed by atoms with Crippen molar-refractivity contribution < 1.29 is 5.11 Å². The van der Waals surface area contributed by atoms with Crippen LogP contribution in [0.15, 0.2) is 11.4 Å². The van der Waals surface area contributed by atoms with Gasteiger partial charge in [0.2, 0.25) is 0 Å². The number of thiophene rings is 1. The van der Waals surface area contributed by atoms with Crippen LogP contribution < -0.4 is 0 Å². The number of aliphatic hydroxyl groups excluding tert-OH is 1. The quantitative estimate of drug-likeness (QED) is 0.811. The van der Waals surface area contributed by atoms with Crippen LogP contribution in [-0.4, -0.2) is 5.11 Å². The Hall–Kier alpha value is -0.340. The van der Waals surface area contributed by atoms with Crippen molar-refractivity contribution in [2.24, 2.45) is 17.8 Å². The molecule has 2 aliphatic rings. The van der Waals surface area contributed by atoms with Gasteiger partial charge in [0.05, 0.1) is 6.10 Å². The van der Waals surface area contributed by atoms with Crippen molar-refractivity contribution in [3.63, 3.8) is 0 Å². The molecule has 2 fully saturated rings. The molecule has 2 heteroatoms. The van der Waals surface area contributed by atoms with E-state index in [4.69, 9.17) is 0 Å². The molecule has 1 aromatic rings. The normalized spacial score (nSPS) is 36.0. The van der Waals surface area contributed by atoms with Gasteiger partial charge in [0, 0.05) is 4.88 Å². The Morgan fingerprint density at radius 1 is 1.40 bits per heavy atom. The molecule has 4 unspecified atom stereocenters. The molecular weight excluding hydrogens is 204 g/mol. The highest BCUT2D eigenvalue weighted by Gasteiger charge is 2.43. The number of hydrogen-bond donors (Lipinski definition) is 1.